The third-order valence-electron chi connectivity index (χ3n) is 6.07. The van der Waals surface area contributed by atoms with Crippen LogP contribution in [0.2, 0.25) is 0 Å². The quantitative estimate of drug-likeness (QED) is 0.232. The number of thiol groups is 1. The van der Waals surface area contributed by atoms with Crippen LogP contribution in [0.15, 0.2) is 42.5 Å². The molecule has 0 radical (unpaired) electrons. The molecule has 3 aromatic rings. The van der Waals surface area contributed by atoms with E-state index in [9.17, 15) is 19.1 Å². The number of hydrogen-bond acceptors (Lipinski definition) is 5. The number of rotatable bonds is 7. The standard InChI is InChI=1S/C19H23NO2S2.C8H8FNO/c1-11-4-5-12(10-20-23)13(8-11)17-16(18(21)22)14-9-19(2,3)7-6-15(14)24-17;9-8-3-1-7(2-4-8)5-10-6-11/h4-5,8,20,23H,6-7,9-10H2,1-3H3,(H,21,22);1-4,6H,5H2,(H,10,11). The molecule has 0 unspecified atom stereocenters. The lowest BCUT2D eigenvalue weighted by atomic mass is 9.76. The molecule has 4 rings (SSSR count). The van der Waals surface area contributed by atoms with Crippen molar-refractivity contribution in [1.82, 2.24) is 10.0 Å². The third kappa shape index (κ3) is 6.93. The maximum atomic E-state index is 12.3. The SMILES string of the molecule is Cc1ccc(CNS)c(-c2sc3c(c2C(=O)O)CC(C)(C)CC3)c1.O=CNCc1ccc(F)cc1. The Balaban J connectivity index is 0.000000261. The van der Waals surface area contributed by atoms with Crippen LogP contribution in [0, 0.1) is 18.2 Å². The molecule has 1 amide bonds. The molecule has 1 aliphatic carbocycles. The van der Waals surface area contributed by atoms with Gasteiger partial charge in [-0.15, -0.1) is 11.3 Å². The van der Waals surface area contributed by atoms with Crippen molar-refractivity contribution in [3.05, 3.63) is 81.0 Å². The molecule has 0 atom stereocenters. The number of amides is 1. The summed E-state index contributed by atoms with van der Waals surface area (Å²) in [6.07, 6.45) is 3.53. The summed E-state index contributed by atoms with van der Waals surface area (Å²) in [7, 11) is 0. The minimum Gasteiger partial charge on any atom is -0.478 e. The first kappa shape index (κ1) is 26.9. The van der Waals surface area contributed by atoms with Gasteiger partial charge in [-0.25, -0.2) is 9.18 Å². The lowest BCUT2D eigenvalue weighted by molar-refractivity contribution is -0.109. The summed E-state index contributed by atoms with van der Waals surface area (Å²) >= 11 is 5.78. The van der Waals surface area contributed by atoms with Crippen LogP contribution in [0.25, 0.3) is 10.4 Å². The van der Waals surface area contributed by atoms with Crippen LogP contribution in [0.4, 0.5) is 4.39 Å². The number of carboxylic acids is 1. The number of hydrogen-bond donors (Lipinski definition) is 4. The van der Waals surface area contributed by atoms with Crippen molar-refractivity contribution in [2.24, 2.45) is 5.41 Å². The van der Waals surface area contributed by atoms with Gasteiger partial charge in [0.05, 0.1) is 5.56 Å². The largest absolute Gasteiger partial charge is 0.478 e. The van der Waals surface area contributed by atoms with Gasteiger partial charge in [-0.3, -0.25) is 9.52 Å². The number of thiophene rings is 1. The Morgan fingerprint density at radius 1 is 1.20 bits per heavy atom. The second kappa shape index (κ2) is 11.8. The van der Waals surface area contributed by atoms with E-state index in [2.05, 4.69) is 54.9 Å². The highest BCUT2D eigenvalue weighted by molar-refractivity contribution is 7.78. The van der Waals surface area contributed by atoms with E-state index >= 15 is 0 Å². The number of benzene rings is 2. The van der Waals surface area contributed by atoms with E-state index in [1.54, 1.807) is 23.5 Å². The van der Waals surface area contributed by atoms with Crippen LogP contribution >= 0.6 is 24.2 Å². The van der Waals surface area contributed by atoms with E-state index in [4.69, 9.17) is 0 Å². The molecule has 1 aliphatic rings. The average molecular weight is 515 g/mol. The van der Waals surface area contributed by atoms with E-state index in [1.807, 2.05) is 6.92 Å². The average Bonchev–Trinajstić information content (AvgIpc) is 3.18. The minimum atomic E-state index is -0.813. The van der Waals surface area contributed by atoms with Crippen LogP contribution in [0.3, 0.4) is 0 Å². The molecule has 0 bridgehead atoms. The number of halogens is 1. The summed E-state index contributed by atoms with van der Waals surface area (Å²) in [5.74, 6) is -1.08. The highest BCUT2D eigenvalue weighted by Crippen LogP contribution is 2.45. The lowest BCUT2D eigenvalue weighted by Gasteiger charge is -2.29. The first-order chi connectivity index (χ1) is 16.6. The van der Waals surface area contributed by atoms with Gasteiger partial charge in [0.2, 0.25) is 6.41 Å². The Bertz CT molecular complexity index is 1190. The Hall–Kier alpha value is -2.68. The van der Waals surface area contributed by atoms with Gasteiger partial charge in [-0.05, 0) is 66.0 Å². The molecule has 0 aliphatic heterocycles. The molecule has 5 nitrogen and oxygen atoms in total. The van der Waals surface area contributed by atoms with Gasteiger partial charge in [-0.1, -0.05) is 62.6 Å². The number of aromatic carboxylic acids is 1. The summed E-state index contributed by atoms with van der Waals surface area (Å²) in [4.78, 5) is 24.1. The monoisotopic (exact) mass is 514 g/mol. The predicted molar refractivity (Wildman–Crippen MR) is 142 cm³/mol. The molecule has 8 heteroatoms. The van der Waals surface area contributed by atoms with Gasteiger partial charge < -0.3 is 10.4 Å². The van der Waals surface area contributed by atoms with Crippen LogP contribution in [0.1, 0.15) is 57.8 Å². The third-order valence-corrected chi connectivity index (χ3v) is 7.55. The van der Waals surface area contributed by atoms with E-state index in [1.165, 1.54) is 17.0 Å². The first-order valence-corrected chi connectivity index (χ1v) is 12.7. The second-order valence-corrected chi connectivity index (χ2v) is 10.9. The molecule has 0 saturated heterocycles. The van der Waals surface area contributed by atoms with Crippen molar-refractivity contribution in [3.8, 4) is 10.4 Å². The fraction of sp³-hybridized carbons (Fsp3) is 0.333. The normalized spacial score (nSPS) is 13.9. The Kier molecular flexibility index (Phi) is 9.10. The molecule has 35 heavy (non-hydrogen) atoms. The van der Waals surface area contributed by atoms with Gasteiger partial charge in [0.25, 0.3) is 0 Å². The summed E-state index contributed by atoms with van der Waals surface area (Å²) in [6.45, 7) is 7.54. The molecular formula is C27H31FN2O3S2. The molecular weight excluding hydrogens is 483 g/mol. The highest BCUT2D eigenvalue weighted by Gasteiger charge is 2.33. The number of carbonyl (C=O) groups excluding carboxylic acids is 1. The molecule has 186 valence electrons. The number of nitrogens with one attached hydrogen (secondary N) is 2. The molecule has 3 N–H and O–H groups in total. The zero-order chi connectivity index (χ0) is 25.6. The van der Waals surface area contributed by atoms with Crippen molar-refractivity contribution in [1.29, 1.82) is 0 Å². The summed E-state index contributed by atoms with van der Waals surface area (Å²) in [5.41, 5.74) is 5.84. The van der Waals surface area contributed by atoms with Gasteiger partial charge in [0.15, 0.2) is 0 Å². The smallest absolute Gasteiger partial charge is 0.337 e. The van der Waals surface area contributed by atoms with Crippen molar-refractivity contribution < 1.29 is 19.1 Å². The topological polar surface area (TPSA) is 78.4 Å². The van der Waals surface area contributed by atoms with E-state index in [0.29, 0.717) is 25.1 Å². The molecule has 0 spiro atoms. The number of carbonyl (C=O) groups is 2. The fourth-order valence-corrected chi connectivity index (χ4v) is 5.77. The van der Waals surface area contributed by atoms with E-state index in [0.717, 1.165) is 52.0 Å². The fourth-order valence-electron chi connectivity index (χ4n) is 4.24. The van der Waals surface area contributed by atoms with Crippen LogP contribution in [-0.2, 0) is 30.7 Å². The van der Waals surface area contributed by atoms with E-state index in [-0.39, 0.29) is 11.2 Å². The zero-order valence-electron chi connectivity index (χ0n) is 20.2. The maximum Gasteiger partial charge on any atom is 0.337 e. The van der Waals surface area contributed by atoms with E-state index < -0.39 is 5.97 Å². The Morgan fingerprint density at radius 3 is 2.54 bits per heavy atom. The summed E-state index contributed by atoms with van der Waals surface area (Å²) in [5, 5.41) is 12.4. The van der Waals surface area contributed by atoms with Crippen molar-refractivity contribution >= 4 is 36.5 Å². The second-order valence-electron chi connectivity index (χ2n) is 9.47. The summed E-state index contributed by atoms with van der Waals surface area (Å²) in [6, 6.07) is 12.2. The van der Waals surface area contributed by atoms with Crippen LogP contribution in [-0.4, -0.2) is 17.5 Å². The van der Waals surface area contributed by atoms with Crippen LogP contribution < -0.4 is 10.0 Å². The number of carboxylic acid groups (broad SMARTS) is 1. The maximum absolute atomic E-state index is 12.3. The predicted octanol–water partition coefficient (Wildman–Crippen LogP) is 5.94. The van der Waals surface area contributed by atoms with Crippen molar-refractivity contribution in [2.75, 3.05) is 0 Å². The highest BCUT2D eigenvalue weighted by atomic mass is 32.1. The Morgan fingerprint density at radius 2 is 1.91 bits per heavy atom. The van der Waals surface area contributed by atoms with Gasteiger partial charge >= 0.3 is 5.97 Å². The molecule has 0 fully saturated rings. The van der Waals surface area contributed by atoms with Crippen LogP contribution in [0.5, 0.6) is 0 Å². The molecule has 1 aromatic heterocycles. The summed E-state index contributed by atoms with van der Waals surface area (Å²) < 4.78 is 15.2. The number of fused-ring (bicyclic) bond motifs is 1. The first-order valence-electron chi connectivity index (χ1n) is 11.4. The van der Waals surface area contributed by atoms with Gasteiger partial charge in [0.1, 0.15) is 5.82 Å². The lowest BCUT2D eigenvalue weighted by Crippen LogP contribution is -2.22. The molecule has 0 saturated carbocycles. The minimum absolute atomic E-state index is 0.164. The van der Waals surface area contributed by atoms with Crippen molar-refractivity contribution in [2.45, 2.75) is 53.1 Å². The van der Waals surface area contributed by atoms with Crippen molar-refractivity contribution in [3.63, 3.8) is 0 Å². The van der Waals surface area contributed by atoms with Gasteiger partial charge in [0, 0.05) is 22.8 Å². The number of aryl methyl sites for hydroxylation is 2. The molecule has 1 heterocycles. The Labute approximate surface area is 215 Å². The zero-order valence-corrected chi connectivity index (χ0v) is 21.9. The molecule has 2 aromatic carbocycles. The van der Waals surface area contributed by atoms with Gasteiger partial charge in [-0.2, -0.15) is 0 Å².